The summed E-state index contributed by atoms with van der Waals surface area (Å²) in [6.07, 6.45) is 1.45. The molecule has 130 valence electrons. The van der Waals surface area contributed by atoms with Gasteiger partial charge in [0.2, 0.25) is 10.0 Å². The zero-order chi connectivity index (χ0) is 16.5. The number of piperidine rings is 1. The van der Waals surface area contributed by atoms with Crippen LogP contribution in [0.3, 0.4) is 0 Å². The molecule has 0 spiro atoms. The lowest BCUT2D eigenvalue weighted by Crippen LogP contribution is -2.42. The number of hydrogen-bond donors (Lipinski definition) is 1. The van der Waals surface area contributed by atoms with Gasteiger partial charge in [-0.15, -0.1) is 12.4 Å². The topological polar surface area (TPSA) is 107 Å². The molecule has 0 bridgehead atoms. The number of nitro benzene ring substituents is 1. The highest BCUT2D eigenvalue weighted by molar-refractivity contribution is 9.10. The third-order valence-corrected chi connectivity index (χ3v) is 6.53. The van der Waals surface area contributed by atoms with Crippen LogP contribution in [-0.2, 0) is 10.0 Å². The van der Waals surface area contributed by atoms with Crippen molar-refractivity contribution in [3.63, 3.8) is 0 Å². The highest BCUT2D eigenvalue weighted by atomic mass is 79.9. The highest BCUT2D eigenvalue weighted by Crippen LogP contribution is 2.30. The molecule has 1 saturated heterocycles. The van der Waals surface area contributed by atoms with Crippen LogP contribution in [0.4, 0.5) is 5.69 Å². The van der Waals surface area contributed by atoms with Crippen molar-refractivity contribution in [2.24, 2.45) is 11.7 Å². The van der Waals surface area contributed by atoms with Crippen LogP contribution in [0.2, 0.25) is 0 Å². The van der Waals surface area contributed by atoms with Gasteiger partial charge >= 0.3 is 0 Å². The molecule has 1 unspecified atom stereocenters. The van der Waals surface area contributed by atoms with Gasteiger partial charge in [0.1, 0.15) is 0 Å². The normalized spacial score (nSPS) is 18.2. The zero-order valence-electron chi connectivity index (χ0n) is 12.5. The van der Waals surface area contributed by atoms with Gasteiger partial charge in [-0.25, -0.2) is 8.42 Å². The molecule has 1 aromatic carbocycles. The fourth-order valence-corrected chi connectivity index (χ4v) is 4.76. The molecule has 1 aliphatic rings. The van der Waals surface area contributed by atoms with Crippen molar-refractivity contribution in [2.45, 2.75) is 30.7 Å². The number of rotatable bonds is 4. The monoisotopic (exact) mass is 427 g/mol. The summed E-state index contributed by atoms with van der Waals surface area (Å²) in [5.41, 5.74) is 5.70. The van der Waals surface area contributed by atoms with Crippen molar-refractivity contribution in [1.82, 2.24) is 4.31 Å². The summed E-state index contributed by atoms with van der Waals surface area (Å²) < 4.78 is 26.8. The van der Waals surface area contributed by atoms with Crippen LogP contribution >= 0.6 is 28.3 Å². The van der Waals surface area contributed by atoms with Crippen molar-refractivity contribution in [2.75, 3.05) is 13.1 Å². The number of benzene rings is 1. The summed E-state index contributed by atoms with van der Waals surface area (Å²) in [5.74, 6) is 0.329. The number of halogens is 2. The van der Waals surface area contributed by atoms with Gasteiger partial charge in [0.25, 0.3) is 5.69 Å². The SMILES string of the molecule is CC(N)C1CCN(S(=O)(=O)c2ccc([N+](=O)[O-])c(Br)c2)CC1.Cl. The van der Waals surface area contributed by atoms with Gasteiger partial charge < -0.3 is 5.73 Å². The number of nitro groups is 1. The van der Waals surface area contributed by atoms with Crippen LogP contribution in [-0.4, -0.2) is 36.8 Å². The second kappa shape index (κ2) is 7.89. The molecule has 0 amide bonds. The largest absolute Gasteiger partial charge is 0.328 e. The lowest BCUT2D eigenvalue weighted by molar-refractivity contribution is -0.385. The maximum Gasteiger partial charge on any atom is 0.283 e. The Morgan fingerprint density at radius 3 is 2.39 bits per heavy atom. The van der Waals surface area contributed by atoms with Crippen LogP contribution in [0, 0.1) is 16.0 Å². The third-order valence-electron chi connectivity index (χ3n) is 4.00. The first-order chi connectivity index (χ1) is 10.2. The maximum absolute atomic E-state index is 12.6. The minimum Gasteiger partial charge on any atom is -0.328 e. The molecule has 0 radical (unpaired) electrons. The first-order valence-electron chi connectivity index (χ1n) is 6.93. The number of hydrogen-bond acceptors (Lipinski definition) is 5. The zero-order valence-corrected chi connectivity index (χ0v) is 15.7. The van der Waals surface area contributed by atoms with E-state index in [4.69, 9.17) is 5.73 Å². The molecule has 1 aliphatic heterocycles. The molecule has 10 heteroatoms. The van der Waals surface area contributed by atoms with E-state index >= 15 is 0 Å². The van der Waals surface area contributed by atoms with Crippen LogP contribution in [0.1, 0.15) is 19.8 Å². The molecule has 1 fully saturated rings. The molecule has 1 heterocycles. The molecule has 1 aromatic rings. The molecule has 7 nitrogen and oxygen atoms in total. The summed E-state index contributed by atoms with van der Waals surface area (Å²) in [7, 11) is -3.64. The second-order valence-electron chi connectivity index (χ2n) is 5.47. The lowest BCUT2D eigenvalue weighted by atomic mass is 9.92. The summed E-state index contributed by atoms with van der Waals surface area (Å²) in [6.45, 7) is 2.77. The number of nitrogens with two attached hydrogens (primary N) is 1. The average molecular weight is 429 g/mol. The predicted molar refractivity (Wildman–Crippen MR) is 93.2 cm³/mol. The van der Waals surface area contributed by atoms with Gasteiger partial charge in [-0.05, 0) is 53.7 Å². The van der Waals surface area contributed by atoms with E-state index < -0.39 is 14.9 Å². The van der Waals surface area contributed by atoms with Gasteiger partial charge in [-0.3, -0.25) is 10.1 Å². The average Bonchev–Trinajstić information content (AvgIpc) is 2.46. The van der Waals surface area contributed by atoms with E-state index in [-0.39, 0.29) is 33.5 Å². The smallest absolute Gasteiger partial charge is 0.283 e. The predicted octanol–water partition coefficient (Wildman–Crippen LogP) is 2.53. The Labute approximate surface area is 150 Å². The summed E-state index contributed by atoms with van der Waals surface area (Å²) >= 11 is 3.05. The molecule has 0 saturated carbocycles. The second-order valence-corrected chi connectivity index (χ2v) is 8.26. The lowest BCUT2D eigenvalue weighted by Gasteiger charge is -2.32. The van der Waals surface area contributed by atoms with Gasteiger partial charge in [0, 0.05) is 25.2 Å². The minimum atomic E-state index is -3.64. The molecule has 0 aromatic heterocycles. The third kappa shape index (κ3) is 4.42. The number of sulfonamides is 1. The molecular weight excluding hydrogens is 410 g/mol. The quantitative estimate of drug-likeness (QED) is 0.586. The summed E-state index contributed by atoms with van der Waals surface area (Å²) in [5, 5.41) is 10.8. The Bertz CT molecular complexity index is 676. The van der Waals surface area contributed by atoms with Crippen molar-refractivity contribution in [1.29, 1.82) is 0 Å². The maximum atomic E-state index is 12.6. The Morgan fingerprint density at radius 1 is 1.39 bits per heavy atom. The van der Waals surface area contributed by atoms with Crippen molar-refractivity contribution >= 4 is 44.0 Å². The first kappa shape index (κ1) is 20.3. The van der Waals surface area contributed by atoms with E-state index in [2.05, 4.69) is 15.9 Å². The summed E-state index contributed by atoms with van der Waals surface area (Å²) in [6, 6.07) is 3.81. The fraction of sp³-hybridized carbons (Fsp3) is 0.538. The standard InChI is InChI=1S/C13H18BrN3O4S.ClH/c1-9(15)10-4-6-16(7-5-10)22(20,21)11-2-3-13(17(18)19)12(14)8-11;/h2-3,8-10H,4-7,15H2,1H3;1H. The van der Waals surface area contributed by atoms with E-state index in [9.17, 15) is 18.5 Å². The van der Waals surface area contributed by atoms with Crippen molar-refractivity contribution in [3.8, 4) is 0 Å². The van der Waals surface area contributed by atoms with Crippen LogP contribution in [0.15, 0.2) is 27.6 Å². The Hall–Kier alpha value is -0.740. The molecule has 2 rings (SSSR count). The van der Waals surface area contributed by atoms with Crippen LogP contribution in [0.5, 0.6) is 0 Å². The molecule has 1 atom stereocenters. The van der Waals surface area contributed by atoms with Crippen LogP contribution in [0.25, 0.3) is 0 Å². The fourth-order valence-electron chi connectivity index (χ4n) is 2.59. The molecular formula is C13H19BrClN3O4S. The Kier molecular flexibility index (Phi) is 6.96. The van der Waals surface area contributed by atoms with Crippen molar-refractivity contribution < 1.29 is 13.3 Å². The van der Waals surface area contributed by atoms with Crippen LogP contribution < -0.4 is 5.73 Å². The van der Waals surface area contributed by atoms with E-state index in [0.29, 0.717) is 19.0 Å². The van der Waals surface area contributed by atoms with Gasteiger partial charge in [-0.2, -0.15) is 4.31 Å². The highest BCUT2D eigenvalue weighted by Gasteiger charge is 2.31. The van der Waals surface area contributed by atoms with Gasteiger partial charge in [0.05, 0.1) is 14.3 Å². The minimum absolute atomic E-state index is 0. The Balaban J connectivity index is 0.00000264. The van der Waals surface area contributed by atoms with E-state index in [1.165, 1.54) is 22.5 Å². The molecule has 2 N–H and O–H groups in total. The van der Waals surface area contributed by atoms with Gasteiger partial charge in [0.15, 0.2) is 0 Å². The molecule has 0 aliphatic carbocycles. The molecule has 23 heavy (non-hydrogen) atoms. The summed E-state index contributed by atoms with van der Waals surface area (Å²) in [4.78, 5) is 10.3. The van der Waals surface area contributed by atoms with E-state index in [0.717, 1.165) is 12.8 Å². The van der Waals surface area contributed by atoms with E-state index in [1.54, 1.807) is 0 Å². The van der Waals surface area contributed by atoms with Crippen molar-refractivity contribution in [3.05, 3.63) is 32.8 Å². The first-order valence-corrected chi connectivity index (χ1v) is 9.16. The van der Waals surface area contributed by atoms with Gasteiger partial charge in [-0.1, -0.05) is 0 Å². The number of nitrogens with zero attached hydrogens (tertiary/aromatic N) is 2. The Morgan fingerprint density at radius 2 is 1.96 bits per heavy atom. The van der Waals surface area contributed by atoms with E-state index in [1.807, 2.05) is 6.92 Å².